The summed E-state index contributed by atoms with van der Waals surface area (Å²) in [6, 6.07) is 4.43. The van der Waals surface area contributed by atoms with Gasteiger partial charge in [-0.2, -0.15) is 0 Å². The van der Waals surface area contributed by atoms with E-state index in [0.717, 1.165) is 0 Å². The summed E-state index contributed by atoms with van der Waals surface area (Å²) in [5, 5.41) is 3.04. The lowest BCUT2D eigenvalue weighted by Crippen LogP contribution is -2.30. The first kappa shape index (κ1) is 13.8. The summed E-state index contributed by atoms with van der Waals surface area (Å²) in [5.74, 6) is 0.138. The van der Waals surface area contributed by atoms with Gasteiger partial charge < -0.3 is 5.32 Å². The van der Waals surface area contributed by atoms with Crippen molar-refractivity contribution in [1.29, 1.82) is 0 Å². The monoisotopic (exact) mass is 233 g/mol. The number of amides is 1. The van der Waals surface area contributed by atoms with Crippen LogP contribution < -0.4 is 5.32 Å². The quantitative estimate of drug-likeness (QED) is 0.851. The molecule has 1 aromatic rings. The molecule has 1 atom stereocenters. The van der Waals surface area contributed by atoms with E-state index in [1.807, 2.05) is 20.8 Å². The summed E-state index contributed by atoms with van der Waals surface area (Å²) in [7, 11) is 0. The van der Waals surface area contributed by atoms with Crippen molar-refractivity contribution in [1.82, 2.24) is 5.32 Å². The van der Waals surface area contributed by atoms with Crippen LogP contribution in [0.1, 0.15) is 49.1 Å². The summed E-state index contributed by atoms with van der Waals surface area (Å²) in [5.41, 5.74) is 5.02. The standard InChI is InChI=1S/C15H23NO/c1-9(2)15(17)16-13(6)14-8-11(4)10(3)7-12(14)5/h7-9,13H,1-6H3,(H,16,17)/t13-/m0/s1. The smallest absolute Gasteiger partial charge is 0.223 e. The summed E-state index contributed by atoms with van der Waals surface area (Å²) in [4.78, 5) is 11.7. The van der Waals surface area contributed by atoms with Crippen LogP contribution in [0.2, 0.25) is 0 Å². The molecule has 0 saturated heterocycles. The van der Waals surface area contributed by atoms with Gasteiger partial charge in [0.2, 0.25) is 5.91 Å². The number of benzene rings is 1. The Morgan fingerprint density at radius 3 is 2.06 bits per heavy atom. The van der Waals surface area contributed by atoms with Gasteiger partial charge in [-0.3, -0.25) is 4.79 Å². The fraction of sp³-hybridized carbons (Fsp3) is 0.533. The normalized spacial score (nSPS) is 12.6. The molecule has 1 amide bonds. The van der Waals surface area contributed by atoms with Crippen molar-refractivity contribution in [2.24, 2.45) is 5.92 Å². The highest BCUT2D eigenvalue weighted by Crippen LogP contribution is 2.21. The van der Waals surface area contributed by atoms with E-state index < -0.39 is 0 Å². The zero-order valence-corrected chi connectivity index (χ0v) is 11.7. The summed E-state index contributed by atoms with van der Waals surface area (Å²) in [6.45, 7) is 12.2. The maximum Gasteiger partial charge on any atom is 0.223 e. The molecule has 1 aromatic carbocycles. The second-order valence-electron chi connectivity index (χ2n) is 5.18. The number of nitrogens with one attached hydrogen (secondary N) is 1. The van der Waals surface area contributed by atoms with Gasteiger partial charge in [-0.1, -0.05) is 26.0 Å². The third-order valence-electron chi connectivity index (χ3n) is 3.23. The van der Waals surface area contributed by atoms with Crippen molar-refractivity contribution in [3.63, 3.8) is 0 Å². The molecule has 0 aliphatic rings. The second kappa shape index (κ2) is 5.35. The average molecular weight is 233 g/mol. The summed E-state index contributed by atoms with van der Waals surface area (Å²) >= 11 is 0. The minimum atomic E-state index is 0.0318. The van der Waals surface area contributed by atoms with Crippen LogP contribution in [-0.4, -0.2) is 5.91 Å². The molecule has 1 N–H and O–H groups in total. The van der Waals surface area contributed by atoms with Gasteiger partial charge in [-0.05, 0) is 49.9 Å². The molecule has 2 heteroatoms. The number of hydrogen-bond donors (Lipinski definition) is 1. The number of aryl methyl sites for hydroxylation is 3. The van der Waals surface area contributed by atoms with Crippen molar-refractivity contribution in [2.45, 2.75) is 47.6 Å². The minimum Gasteiger partial charge on any atom is -0.349 e. The number of hydrogen-bond acceptors (Lipinski definition) is 1. The van der Waals surface area contributed by atoms with Gasteiger partial charge in [0, 0.05) is 5.92 Å². The maximum atomic E-state index is 11.7. The number of rotatable bonds is 3. The predicted octanol–water partition coefficient (Wildman–Crippen LogP) is 3.45. The first-order valence-corrected chi connectivity index (χ1v) is 6.21. The molecule has 0 fully saturated rings. The Morgan fingerprint density at radius 1 is 1.00 bits per heavy atom. The van der Waals surface area contributed by atoms with E-state index in [9.17, 15) is 4.79 Å². The van der Waals surface area contributed by atoms with Gasteiger partial charge in [0.15, 0.2) is 0 Å². The Hall–Kier alpha value is -1.31. The van der Waals surface area contributed by atoms with E-state index in [-0.39, 0.29) is 17.9 Å². The van der Waals surface area contributed by atoms with E-state index >= 15 is 0 Å². The molecule has 0 unspecified atom stereocenters. The van der Waals surface area contributed by atoms with Crippen LogP contribution in [0.4, 0.5) is 0 Å². The molecule has 0 aliphatic heterocycles. The Balaban J connectivity index is 2.93. The predicted molar refractivity (Wildman–Crippen MR) is 72.0 cm³/mol. The van der Waals surface area contributed by atoms with Crippen LogP contribution in [0.3, 0.4) is 0 Å². The Labute approximate surface area is 104 Å². The fourth-order valence-electron chi connectivity index (χ4n) is 1.91. The van der Waals surface area contributed by atoms with Crippen molar-refractivity contribution in [3.05, 3.63) is 34.4 Å². The number of carbonyl (C=O) groups excluding carboxylic acids is 1. The van der Waals surface area contributed by atoms with Crippen LogP contribution in [0.15, 0.2) is 12.1 Å². The van der Waals surface area contributed by atoms with Gasteiger partial charge in [-0.15, -0.1) is 0 Å². The van der Waals surface area contributed by atoms with Crippen molar-refractivity contribution < 1.29 is 4.79 Å². The first-order valence-electron chi connectivity index (χ1n) is 6.21. The second-order valence-corrected chi connectivity index (χ2v) is 5.18. The third kappa shape index (κ3) is 3.32. The van der Waals surface area contributed by atoms with Crippen LogP contribution in [0.25, 0.3) is 0 Å². The van der Waals surface area contributed by atoms with Crippen LogP contribution in [0.5, 0.6) is 0 Å². The van der Waals surface area contributed by atoms with Crippen LogP contribution in [-0.2, 0) is 4.79 Å². The van der Waals surface area contributed by atoms with E-state index in [0.29, 0.717) is 0 Å². The molecule has 0 saturated carbocycles. The molecule has 0 radical (unpaired) electrons. The molecule has 17 heavy (non-hydrogen) atoms. The van der Waals surface area contributed by atoms with Gasteiger partial charge in [0.05, 0.1) is 6.04 Å². The molecule has 0 spiro atoms. The average Bonchev–Trinajstić information content (AvgIpc) is 2.22. The van der Waals surface area contributed by atoms with Crippen molar-refractivity contribution in [2.75, 3.05) is 0 Å². The third-order valence-corrected chi connectivity index (χ3v) is 3.23. The van der Waals surface area contributed by atoms with Crippen LogP contribution >= 0.6 is 0 Å². The lowest BCUT2D eigenvalue weighted by molar-refractivity contribution is -0.124. The SMILES string of the molecule is Cc1cc(C)c([C@H](C)NC(=O)C(C)C)cc1C. The van der Waals surface area contributed by atoms with Gasteiger partial charge >= 0.3 is 0 Å². The molecule has 94 valence electrons. The molecule has 0 aliphatic carbocycles. The zero-order chi connectivity index (χ0) is 13.2. The molecular formula is C15H23NO. The van der Waals surface area contributed by atoms with Crippen molar-refractivity contribution in [3.8, 4) is 0 Å². The van der Waals surface area contributed by atoms with E-state index in [1.54, 1.807) is 0 Å². The summed E-state index contributed by atoms with van der Waals surface area (Å²) in [6.07, 6.45) is 0. The van der Waals surface area contributed by atoms with Crippen molar-refractivity contribution >= 4 is 5.91 Å². The maximum absolute atomic E-state index is 11.7. The van der Waals surface area contributed by atoms with E-state index in [2.05, 4.69) is 38.2 Å². The fourth-order valence-corrected chi connectivity index (χ4v) is 1.91. The summed E-state index contributed by atoms with van der Waals surface area (Å²) < 4.78 is 0. The number of carbonyl (C=O) groups is 1. The molecule has 0 heterocycles. The molecule has 0 bridgehead atoms. The molecule has 1 rings (SSSR count). The topological polar surface area (TPSA) is 29.1 Å². The Kier molecular flexibility index (Phi) is 4.33. The first-order chi connectivity index (χ1) is 7.82. The molecular weight excluding hydrogens is 210 g/mol. The highest BCUT2D eigenvalue weighted by atomic mass is 16.1. The zero-order valence-electron chi connectivity index (χ0n) is 11.7. The molecule has 2 nitrogen and oxygen atoms in total. The lowest BCUT2D eigenvalue weighted by atomic mass is 9.96. The highest BCUT2D eigenvalue weighted by Gasteiger charge is 2.14. The highest BCUT2D eigenvalue weighted by molar-refractivity contribution is 5.78. The largest absolute Gasteiger partial charge is 0.349 e. The lowest BCUT2D eigenvalue weighted by Gasteiger charge is -2.19. The van der Waals surface area contributed by atoms with Gasteiger partial charge in [0.25, 0.3) is 0 Å². The Bertz CT molecular complexity index is 421. The Morgan fingerprint density at radius 2 is 1.53 bits per heavy atom. The minimum absolute atomic E-state index is 0.0318. The van der Waals surface area contributed by atoms with E-state index in [1.165, 1.54) is 22.3 Å². The van der Waals surface area contributed by atoms with Gasteiger partial charge in [0.1, 0.15) is 0 Å². The molecule has 0 aromatic heterocycles. The van der Waals surface area contributed by atoms with E-state index in [4.69, 9.17) is 0 Å². The van der Waals surface area contributed by atoms with Crippen LogP contribution in [0, 0.1) is 26.7 Å². The van der Waals surface area contributed by atoms with Gasteiger partial charge in [-0.25, -0.2) is 0 Å².